The molecule has 0 aromatic heterocycles. The topological polar surface area (TPSA) is 41.6 Å². The second kappa shape index (κ2) is 3.64. The zero-order valence-corrected chi connectivity index (χ0v) is 10.6. The highest BCUT2D eigenvalue weighted by molar-refractivity contribution is 6.30. The molecule has 2 N–H and O–H groups in total. The van der Waals surface area contributed by atoms with E-state index in [0.29, 0.717) is 11.9 Å². The maximum absolute atomic E-state index is 6.03. The molecular formula is C13H16ClN3. The molecule has 1 aromatic carbocycles. The van der Waals surface area contributed by atoms with Gasteiger partial charge < -0.3 is 10.6 Å². The van der Waals surface area contributed by atoms with Crippen LogP contribution in [-0.2, 0) is 0 Å². The molecule has 3 nitrogen and oxygen atoms in total. The first-order valence-corrected chi connectivity index (χ1v) is 6.35. The van der Waals surface area contributed by atoms with Crippen molar-refractivity contribution in [3.05, 3.63) is 29.3 Å². The van der Waals surface area contributed by atoms with Crippen molar-refractivity contribution in [3.8, 4) is 0 Å². The Kier molecular flexibility index (Phi) is 2.33. The van der Waals surface area contributed by atoms with E-state index in [4.69, 9.17) is 17.3 Å². The molecule has 1 saturated carbocycles. The van der Waals surface area contributed by atoms with Gasteiger partial charge in [0.25, 0.3) is 0 Å². The quantitative estimate of drug-likeness (QED) is 0.876. The highest BCUT2D eigenvalue weighted by atomic mass is 35.5. The number of halogens is 1. The first-order valence-electron chi connectivity index (χ1n) is 5.97. The fraction of sp³-hybridized carbons (Fsp3) is 0.462. The molecular weight excluding hydrogens is 234 g/mol. The molecule has 0 spiro atoms. The molecule has 2 aliphatic rings. The van der Waals surface area contributed by atoms with E-state index in [0.717, 1.165) is 17.3 Å². The van der Waals surface area contributed by atoms with Crippen LogP contribution in [0.25, 0.3) is 0 Å². The number of benzene rings is 1. The summed E-state index contributed by atoms with van der Waals surface area (Å²) in [4.78, 5) is 6.59. The minimum Gasteiger partial charge on any atom is -0.369 e. The predicted octanol–water partition coefficient (Wildman–Crippen LogP) is 2.64. The van der Waals surface area contributed by atoms with E-state index in [1.54, 1.807) is 0 Å². The average Bonchev–Trinajstić information content (AvgIpc) is 3.10. The van der Waals surface area contributed by atoms with Gasteiger partial charge in [-0.3, -0.25) is 4.99 Å². The zero-order valence-electron chi connectivity index (χ0n) is 9.86. The standard InChI is InChI=1S/C13H16ClN3/c1-13(9-2-3-9)8-16-12(15)17(13)11-6-4-10(14)5-7-11/h4-7,9H,2-3,8H2,1H3,(H2,15,16). The summed E-state index contributed by atoms with van der Waals surface area (Å²) < 4.78 is 0. The molecule has 1 atom stereocenters. The number of guanidine groups is 1. The van der Waals surface area contributed by atoms with Gasteiger partial charge >= 0.3 is 0 Å². The Bertz CT molecular complexity index is 464. The fourth-order valence-corrected chi connectivity index (χ4v) is 2.80. The molecule has 0 amide bonds. The Morgan fingerprint density at radius 1 is 1.35 bits per heavy atom. The summed E-state index contributed by atoms with van der Waals surface area (Å²) in [5.41, 5.74) is 7.17. The van der Waals surface area contributed by atoms with Gasteiger partial charge in [0.15, 0.2) is 5.96 Å². The monoisotopic (exact) mass is 249 g/mol. The van der Waals surface area contributed by atoms with Crippen molar-refractivity contribution in [3.63, 3.8) is 0 Å². The van der Waals surface area contributed by atoms with Crippen molar-refractivity contribution in [1.82, 2.24) is 0 Å². The molecule has 1 aliphatic carbocycles. The third-order valence-electron chi connectivity index (χ3n) is 3.84. The Hall–Kier alpha value is -1.22. The lowest BCUT2D eigenvalue weighted by Gasteiger charge is -2.36. The van der Waals surface area contributed by atoms with Crippen LogP contribution in [0.2, 0.25) is 5.02 Å². The Labute approximate surface area is 106 Å². The molecule has 0 bridgehead atoms. The maximum atomic E-state index is 6.03. The molecule has 1 fully saturated rings. The number of nitrogens with two attached hydrogens (primary N) is 1. The van der Waals surface area contributed by atoms with Gasteiger partial charge in [-0.25, -0.2) is 0 Å². The Morgan fingerprint density at radius 3 is 2.59 bits per heavy atom. The minimum absolute atomic E-state index is 0.0535. The van der Waals surface area contributed by atoms with E-state index in [1.165, 1.54) is 12.8 Å². The van der Waals surface area contributed by atoms with Gasteiger partial charge in [0, 0.05) is 10.7 Å². The molecule has 3 rings (SSSR count). The second-order valence-corrected chi connectivity index (χ2v) is 5.55. The van der Waals surface area contributed by atoms with E-state index in [2.05, 4.69) is 16.8 Å². The van der Waals surface area contributed by atoms with Crippen molar-refractivity contribution in [2.45, 2.75) is 25.3 Å². The molecule has 4 heteroatoms. The summed E-state index contributed by atoms with van der Waals surface area (Å²) in [5, 5.41) is 0.747. The van der Waals surface area contributed by atoms with Gasteiger partial charge in [0.2, 0.25) is 0 Å². The van der Waals surface area contributed by atoms with E-state index in [1.807, 2.05) is 24.3 Å². The summed E-state index contributed by atoms with van der Waals surface area (Å²) in [7, 11) is 0. The summed E-state index contributed by atoms with van der Waals surface area (Å²) in [5.74, 6) is 1.34. The van der Waals surface area contributed by atoms with Gasteiger partial charge in [0.1, 0.15) is 0 Å². The Balaban J connectivity index is 1.98. The molecule has 1 aromatic rings. The van der Waals surface area contributed by atoms with Crippen molar-refractivity contribution in [2.75, 3.05) is 11.4 Å². The molecule has 90 valence electrons. The lowest BCUT2D eigenvalue weighted by atomic mass is 9.94. The highest BCUT2D eigenvalue weighted by Crippen LogP contribution is 2.46. The molecule has 0 radical (unpaired) electrons. The number of anilines is 1. The van der Waals surface area contributed by atoms with Crippen LogP contribution in [0.1, 0.15) is 19.8 Å². The second-order valence-electron chi connectivity index (χ2n) is 5.12. The number of aliphatic imine (C=N–C) groups is 1. The van der Waals surface area contributed by atoms with Gasteiger partial charge in [-0.2, -0.15) is 0 Å². The van der Waals surface area contributed by atoms with Gasteiger partial charge in [-0.15, -0.1) is 0 Å². The smallest absolute Gasteiger partial charge is 0.196 e. The van der Waals surface area contributed by atoms with Crippen LogP contribution >= 0.6 is 11.6 Å². The van der Waals surface area contributed by atoms with Gasteiger partial charge in [-0.05, 0) is 49.9 Å². The molecule has 1 aliphatic heterocycles. The first-order chi connectivity index (χ1) is 8.11. The number of hydrogen-bond acceptors (Lipinski definition) is 3. The van der Waals surface area contributed by atoms with Crippen LogP contribution in [-0.4, -0.2) is 18.0 Å². The van der Waals surface area contributed by atoms with Gasteiger partial charge in [-0.1, -0.05) is 11.6 Å². The first kappa shape index (κ1) is 10.9. The van der Waals surface area contributed by atoms with E-state index in [-0.39, 0.29) is 5.54 Å². The summed E-state index contributed by atoms with van der Waals surface area (Å²) in [6.45, 7) is 3.05. The highest BCUT2D eigenvalue weighted by Gasteiger charge is 2.49. The van der Waals surface area contributed by atoms with Gasteiger partial charge in [0.05, 0.1) is 12.1 Å². The van der Waals surface area contributed by atoms with E-state index >= 15 is 0 Å². The largest absolute Gasteiger partial charge is 0.369 e. The molecule has 1 heterocycles. The lowest BCUT2D eigenvalue weighted by molar-refractivity contribution is 0.440. The minimum atomic E-state index is 0.0535. The van der Waals surface area contributed by atoms with Crippen LogP contribution in [0.15, 0.2) is 29.3 Å². The number of nitrogens with zero attached hydrogens (tertiary/aromatic N) is 2. The van der Waals surface area contributed by atoms with Crippen molar-refractivity contribution >= 4 is 23.2 Å². The van der Waals surface area contributed by atoms with Crippen molar-refractivity contribution < 1.29 is 0 Å². The molecule has 17 heavy (non-hydrogen) atoms. The SMILES string of the molecule is CC1(C2CC2)CN=C(N)N1c1ccc(Cl)cc1. The van der Waals surface area contributed by atoms with E-state index in [9.17, 15) is 0 Å². The zero-order chi connectivity index (χ0) is 12.0. The Morgan fingerprint density at radius 2 is 2.00 bits per heavy atom. The molecule has 1 unspecified atom stereocenters. The normalized spacial score (nSPS) is 28.4. The van der Waals surface area contributed by atoms with Crippen LogP contribution in [0, 0.1) is 5.92 Å². The average molecular weight is 250 g/mol. The predicted molar refractivity (Wildman–Crippen MR) is 71.5 cm³/mol. The maximum Gasteiger partial charge on any atom is 0.196 e. The summed E-state index contributed by atoms with van der Waals surface area (Å²) in [6, 6.07) is 7.82. The number of rotatable bonds is 2. The van der Waals surface area contributed by atoms with Crippen LogP contribution in [0.5, 0.6) is 0 Å². The lowest BCUT2D eigenvalue weighted by Crippen LogP contribution is -2.51. The third kappa shape index (κ3) is 1.69. The van der Waals surface area contributed by atoms with Crippen molar-refractivity contribution in [1.29, 1.82) is 0 Å². The summed E-state index contributed by atoms with van der Waals surface area (Å²) >= 11 is 5.92. The van der Waals surface area contributed by atoms with E-state index < -0.39 is 0 Å². The van der Waals surface area contributed by atoms with Crippen LogP contribution in [0.4, 0.5) is 5.69 Å². The number of hydrogen-bond donors (Lipinski definition) is 1. The fourth-order valence-electron chi connectivity index (χ4n) is 2.68. The van der Waals surface area contributed by atoms with Crippen molar-refractivity contribution in [2.24, 2.45) is 16.6 Å². The third-order valence-corrected chi connectivity index (χ3v) is 4.09. The molecule has 0 saturated heterocycles. The van der Waals surface area contributed by atoms with Crippen LogP contribution < -0.4 is 10.6 Å². The van der Waals surface area contributed by atoms with Crippen LogP contribution in [0.3, 0.4) is 0 Å². The summed E-state index contributed by atoms with van der Waals surface area (Å²) in [6.07, 6.45) is 2.56.